The van der Waals surface area contributed by atoms with Crippen molar-refractivity contribution >= 4 is 35.1 Å². The minimum absolute atomic E-state index is 0.0201. The number of halogens is 1. The number of carbonyl (C=O) groups is 3. The molecule has 1 heterocycles. The van der Waals surface area contributed by atoms with Crippen LogP contribution in [0.3, 0.4) is 0 Å². The number of amides is 2. The normalized spacial score (nSPS) is 17.4. The van der Waals surface area contributed by atoms with Crippen molar-refractivity contribution in [1.82, 2.24) is 5.32 Å². The Bertz CT molecular complexity index is 739. The second-order valence-electron chi connectivity index (χ2n) is 6.04. The maximum atomic E-state index is 12.5. The SMILES string of the molecule is CCNC(=O)[C@H](C)OC(=O)[C@@H]1CC(=O)N(c2cc(Cl)c(OC)cc2OC)C1. The molecule has 1 saturated heterocycles. The summed E-state index contributed by atoms with van der Waals surface area (Å²) in [5.41, 5.74) is 0.445. The number of nitrogens with zero attached hydrogens (tertiary/aromatic N) is 1. The number of esters is 1. The van der Waals surface area contributed by atoms with Gasteiger partial charge in [0.1, 0.15) is 11.5 Å². The van der Waals surface area contributed by atoms with Gasteiger partial charge in [0.05, 0.1) is 30.8 Å². The zero-order valence-electron chi connectivity index (χ0n) is 15.7. The van der Waals surface area contributed by atoms with Crippen LogP contribution in [0.4, 0.5) is 5.69 Å². The molecule has 0 radical (unpaired) electrons. The van der Waals surface area contributed by atoms with Gasteiger partial charge in [0.2, 0.25) is 5.91 Å². The van der Waals surface area contributed by atoms with Crippen LogP contribution in [0, 0.1) is 5.92 Å². The number of ether oxygens (including phenoxy) is 3. The van der Waals surface area contributed by atoms with E-state index in [-0.39, 0.29) is 24.8 Å². The van der Waals surface area contributed by atoms with Crippen molar-refractivity contribution < 1.29 is 28.6 Å². The van der Waals surface area contributed by atoms with Gasteiger partial charge in [-0.1, -0.05) is 11.6 Å². The van der Waals surface area contributed by atoms with Crippen molar-refractivity contribution in [3.05, 3.63) is 17.2 Å². The molecule has 0 spiro atoms. The average molecular weight is 399 g/mol. The van der Waals surface area contributed by atoms with Crippen LogP contribution in [0.15, 0.2) is 12.1 Å². The van der Waals surface area contributed by atoms with E-state index in [0.717, 1.165) is 0 Å². The van der Waals surface area contributed by atoms with Gasteiger partial charge in [-0.15, -0.1) is 0 Å². The lowest BCUT2D eigenvalue weighted by atomic mass is 10.1. The molecule has 0 unspecified atom stereocenters. The number of rotatable bonds is 7. The minimum atomic E-state index is -0.924. The highest BCUT2D eigenvalue weighted by Crippen LogP contribution is 2.40. The second-order valence-corrected chi connectivity index (χ2v) is 6.44. The van der Waals surface area contributed by atoms with Gasteiger partial charge in [0, 0.05) is 25.6 Å². The molecule has 27 heavy (non-hydrogen) atoms. The summed E-state index contributed by atoms with van der Waals surface area (Å²) >= 11 is 6.16. The lowest BCUT2D eigenvalue weighted by Gasteiger charge is -2.21. The molecule has 9 heteroatoms. The number of anilines is 1. The first-order chi connectivity index (χ1) is 12.8. The minimum Gasteiger partial charge on any atom is -0.495 e. The maximum Gasteiger partial charge on any atom is 0.312 e. The topological polar surface area (TPSA) is 94.2 Å². The summed E-state index contributed by atoms with van der Waals surface area (Å²) in [6, 6.07) is 3.13. The van der Waals surface area contributed by atoms with Crippen molar-refractivity contribution in [3.63, 3.8) is 0 Å². The van der Waals surface area contributed by atoms with Crippen molar-refractivity contribution in [1.29, 1.82) is 0 Å². The van der Waals surface area contributed by atoms with Gasteiger partial charge in [0.15, 0.2) is 6.10 Å². The number of hydrogen-bond acceptors (Lipinski definition) is 6. The van der Waals surface area contributed by atoms with Crippen LogP contribution in [0.25, 0.3) is 0 Å². The Hall–Kier alpha value is -2.48. The Morgan fingerprint density at radius 2 is 1.96 bits per heavy atom. The van der Waals surface area contributed by atoms with E-state index >= 15 is 0 Å². The second kappa shape index (κ2) is 8.94. The predicted octanol–water partition coefficient (Wildman–Crippen LogP) is 1.78. The van der Waals surface area contributed by atoms with E-state index in [1.807, 2.05) is 0 Å². The van der Waals surface area contributed by atoms with E-state index < -0.39 is 18.0 Å². The van der Waals surface area contributed by atoms with Crippen LogP contribution < -0.4 is 19.7 Å². The lowest BCUT2D eigenvalue weighted by Crippen LogP contribution is -2.37. The third-order valence-corrected chi connectivity index (χ3v) is 4.51. The molecule has 1 aliphatic heterocycles. The Balaban J connectivity index is 2.14. The molecule has 1 aromatic rings. The fourth-order valence-corrected chi connectivity index (χ4v) is 3.03. The van der Waals surface area contributed by atoms with Crippen molar-refractivity contribution in [2.24, 2.45) is 5.92 Å². The highest BCUT2D eigenvalue weighted by molar-refractivity contribution is 6.32. The lowest BCUT2D eigenvalue weighted by molar-refractivity contribution is -0.158. The molecule has 0 saturated carbocycles. The Morgan fingerprint density at radius 1 is 1.30 bits per heavy atom. The van der Waals surface area contributed by atoms with E-state index in [4.69, 9.17) is 25.8 Å². The van der Waals surface area contributed by atoms with Gasteiger partial charge >= 0.3 is 5.97 Å². The van der Waals surface area contributed by atoms with Crippen LogP contribution in [0.5, 0.6) is 11.5 Å². The molecule has 0 aliphatic carbocycles. The summed E-state index contributed by atoms with van der Waals surface area (Å²) < 4.78 is 15.7. The molecule has 8 nitrogen and oxygen atoms in total. The van der Waals surface area contributed by atoms with E-state index in [0.29, 0.717) is 28.8 Å². The summed E-state index contributed by atoms with van der Waals surface area (Å²) in [6.07, 6.45) is -0.945. The number of benzene rings is 1. The smallest absolute Gasteiger partial charge is 0.312 e. The molecular formula is C18H23ClN2O6. The molecule has 2 amide bonds. The van der Waals surface area contributed by atoms with Gasteiger partial charge in [-0.2, -0.15) is 0 Å². The first-order valence-corrected chi connectivity index (χ1v) is 8.90. The first kappa shape index (κ1) is 20.8. The van der Waals surface area contributed by atoms with Gasteiger partial charge in [-0.05, 0) is 19.9 Å². The van der Waals surface area contributed by atoms with Crippen molar-refractivity contribution in [2.75, 3.05) is 32.2 Å². The van der Waals surface area contributed by atoms with E-state index in [9.17, 15) is 14.4 Å². The van der Waals surface area contributed by atoms with Crippen molar-refractivity contribution in [3.8, 4) is 11.5 Å². The van der Waals surface area contributed by atoms with Crippen LogP contribution in [0.1, 0.15) is 20.3 Å². The standard InChI is InChI=1S/C18H23ClN2O6/c1-5-20-17(23)10(2)27-18(24)11-6-16(22)21(9-11)13-7-12(19)14(25-3)8-15(13)26-4/h7-8,10-11H,5-6,9H2,1-4H3,(H,20,23)/t10-,11+/m0/s1. The number of nitrogens with one attached hydrogen (secondary N) is 1. The third-order valence-electron chi connectivity index (χ3n) is 4.22. The van der Waals surface area contributed by atoms with E-state index in [1.54, 1.807) is 19.1 Å². The maximum absolute atomic E-state index is 12.5. The molecule has 1 aliphatic rings. The van der Waals surface area contributed by atoms with Gasteiger partial charge < -0.3 is 24.4 Å². The quantitative estimate of drug-likeness (QED) is 0.703. The average Bonchev–Trinajstić information content (AvgIpc) is 3.03. The van der Waals surface area contributed by atoms with Crippen LogP contribution >= 0.6 is 11.6 Å². The molecule has 1 N–H and O–H groups in total. The first-order valence-electron chi connectivity index (χ1n) is 8.52. The Morgan fingerprint density at radius 3 is 2.56 bits per heavy atom. The number of methoxy groups -OCH3 is 2. The zero-order chi connectivity index (χ0) is 20.1. The summed E-state index contributed by atoms with van der Waals surface area (Å²) in [5, 5.41) is 2.90. The fraction of sp³-hybridized carbons (Fsp3) is 0.500. The predicted molar refractivity (Wildman–Crippen MR) is 99.3 cm³/mol. The summed E-state index contributed by atoms with van der Waals surface area (Å²) in [6.45, 7) is 3.81. The Labute approximate surface area is 162 Å². The third kappa shape index (κ3) is 4.63. The van der Waals surface area contributed by atoms with Crippen LogP contribution in [-0.4, -0.2) is 51.2 Å². The molecule has 2 atom stereocenters. The number of carbonyl (C=O) groups excluding carboxylic acids is 3. The molecule has 148 valence electrons. The van der Waals surface area contributed by atoms with Gasteiger partial charge in [-0.3, -0.25) is 14.4 Å². The van der Waals surface area contributed by atoms with E-state index in [2.05, 4.69) is 5.32 Å². The largest absolute Gasteiger partial charge is 0.495 e. The Kier molecular flexibility index (Phi) is 6.90. The molecule has 2 rings (SSSR count). The molecule has 0 aromatic heterocycles. The zero-order valence-corrected chi connectivity index (χ0v) is 16.5. The number of likely N-dealkylation sites (N-methyl/N-ethyl adjacent to an activating group) is 1. The van der Waals surface area contributed by atoms with Crippen molar-refractivity contribution in [2.45, 2.75) is 26.4 Å². The van der Waals surface area contributed by atoms with Gasteiger partial charge in [-0.25, -0.2) is 0 Å². The highest BCUT2D eigenvalue weighted by atomic mass is 35.5. The summed E-state index contributed by atoms with van der Waals surface area (Å²) in [4.78, 5) is 37.9. The summed E-state index contributed by atoms with van der Waals surface area (Å²) in [7, 11) is 2.94. The summed E-state index contributed by atoms with van der Waals surface area (Å²) in [5.74, 6) is -1.11. The molecule has 1 aromatic carbocycles. The van der Waals surface area contributed by atoms with Crippen LogP contribution in [-0.2, 0) is 19.1 Å². The molecule has 0 bridgehead atoms. The number of hydrogen-bond donors (Lipinski definition) is 1. The van der Waals surface area contributed by atoms with Crippen LogP contribution in [0.2, 0.25) is 5.02 Å². The monoisotopic (exact) mass is 398 g/mol. The van der Waals surface area contributed by atoms with Gasteiger partial charge in [0.25, 0.3) is 5.91 Å². The fourth-order valence-electron chi connectivity index (χ4n) is 2.80. The van der Waals surface area contributed by atoms with E-state index in [1.165, 1.54) is 26.0 Å². The molecule has 1 fully saturated rings. The molecular weight excluding hydrogens is 376 g/mol. The highest BCUT2D eigenvalue weighted by Gasteiger charge is 2.38.